The Bertz CT molecular complexity index is 428. The molecule has 0 spiro atoms. The molecule has 0 saturated heterocycles. The third-order valence-electron chi connectivity index (χ3n) is 2.48. The first kappa shape index (κ1) is 16.1. The van der Waals surface area contributed by atoms with Crippen molar-refractivity contribution in [1.82, 2.24) is 9.97 Å². The van der Waals surface area contributed by atoms with E-state index in [0.29, 0.717) is 32.3 Å². The lowest BCUT2D eigenvalue weighted by atomic mass is 10.4. The van der Waals surface area contributed by atoms with Gasteiger partial charge in [-0.2, -0.15) is 4.98 Å². The van der Waals surface area contributed by atoms with E-state index in [1.807, 2.05) is 6.92 Å². The maximum absolute atomic E-state index is 10.9. The Labute approximate surface area is 118 Å². The van der Waals surface area contributed by atoms with Crippen molar-refractivity contribution < 1.29 is 9.66 Å². The van der Waals surface area contributed by atoms with Gasteiger partial charge in [0, 0.05) is 19.7 Å². The summed E-state index contributed by atoms with van der Waals surface area (Å²) in [6.45, 7) is 6.29. The molecule has 0 fully saturated rings. The third-order valence-corrected chi connectivity index (χ3v) is 2.48. The van der Waals surface area contributed by atoms with Crippen LogP contribution in [0, 0.1) is 10.1 Å². The van der Waals surface area contributed by atoms with Gasteiger partial charge in [-0.25, -0.2) is 4.98 Å². The zero-order valence-electron chi connectivity index (χ0n) is 11.9. The topological polar surface area (TPSA) is 102 Å². The highest BCUT2D eigenvalue weighted by atomic mass is 16.6. The molecule has 0 atom stereocenters. The van der Waals surface area contributed by atoms with Gasteiger partial charge < -0.3 is 15.4 Å². The molecule has 1 aromatic rings. The molecule has 8 heteroatoms. The lowest BCUT2D eigenvalue weighted by Crippen LogP contribution is -2.13. The Morgan fingerprint density at radius 2 is 2.15 bits per heavy atom. The van der Waals surface area contributed by atoms with Crippen LogP contribution in [0.2, 0.25) is 0 Å². The van der Waals surface area contributed by atoms with Crippen molar-refractivity contribution in [2.24, 2.45) is 0 Å². The maximum Gasteiger partial charge on any atom is 0.329 e. The van der Waals surface area contributed by atoms with Gasteiger partial charge in [0.25, 0.3) is 0 Å². The highest BCUT2D eigenvalue weighted by Gasteiger charge is 2.16. The standard InChI is InChI=1S/C12H21N5O3/c1-3-5-7-20-8-6-14-11-10(17(18)19)9-15-12(16-11)13-4-2/h9H,3-8H2,1-2H3,(H2,13,14,15,16). The van der Waals surface area contributed by atoms with Crippen LogP contribution < -0.4 is 10.6 Å². The normalized spacial score (nSPS) is 10.3. The van der Waals surface area contributed by atoms with Crippen molar-refractivity contribution in [3.05, 3.63) is 16.3 Å². The minimum absolute atomic E-state index is 0.139. The third kappa shape index (κ3) is 5.35. The van der Waals surface area contributed by atoms with E-state index in [-0.39, 0.29) is 11.5 Å². The smallest absolute Gasteiger partial charge is 0.329 e. The van der Waals surface area contributed by atoms with Gasteiger partial charge in [-0.15, -0.1) is 0 Å². The molecule has 1 rings (SSSR count). The van der Waals surface area contributed by atoms with Crippen molar-refractivity contribution in [3.63, 3.8) is 0 Å². The van der Waals surface area contributed by atoms with Gasteiger partial charge in [-0.3, -0.25) is 10.1 Å². The second-order valence-electron chi connectivity index (χ2n) is 4.11. The lowest BCUT2D eigenvalue weighted by molar-refractivity contribution is -0.384. The lowest BCUT2D eigenvalue weighted by Gasteiger charge is -2.08. The number of rotatable bonds is 10. The second kappa shape index (κ2) is 9.03. The fourth-order valence-corrected chi connectivity index (χ4v) is 1.47. The summed E-state index contributed by atoms with van der Waals surface area (Å²) in [5.41, 5.74) is -0.139. The number of nitrogens with zero attached hydrogens (tertiary/aromatic N) is 3. The van der Waals surface area contributed by atoms with Crippen LogP contribution in [0.3, 0.4) is 0 Å². The number of anilines is 2. The van der Waals surface area contributed by atoms with E-state index < -0.39 is 4.92 Å². The molecule has 0 saturated carbocycles. The van der Waals surface area contributed by atoms with Crippen LogP contribution in [-0.2, 0) is 4.74 Å². The van der Waals surface area contributed by atoms with Gasteiger partial charge in [0.1, 0.15) is 6.20 Å². The molecule has 0 aromatic carbocycles. The zero-order chi connectivity index (χ0) is 14.8. The summed E-state index contributed by atoms with van der Waals surface area (Å²) in [5.74, 6) is 0.576. The van der Waals surface area contributed by atoms with Gasteiger partial charge in [0.2, 0.25) is 11.8 Å². The van der Waals surface area contributed by atoms with E-state index in [4.69, 9.17) is 4.74 Å². The molecule has 0 radical (unpaired) electrons. The summed E-state index contributed by atoms with van der Waals surface area (Å²) >= 11 is 0. The zero-order valence-corrected chi connectivity index (χ0v) is 11.9. The largest absolute Gasteiger partial charge is 0.380 e. The number of nitro groups is 1. The predicted molar refractivity (Wildman–Crippen MR) is 77.1 cm³/mol. The molecule has 1 aromatic heterocycles. The first-order chi connectivity index (χ1) is 9.69. The SMILES string of the molecule is CCCCOCCNc1nc(NCC)ncc1[N+](=O)[O-]. The molecule has 0 unspecified atom stereocenters. The monoisotopic (exact) mass is 283 g/mol. The summed E-state index contributed by atoms with van der Waals surface area (Å²) in [4.78, 5) is 18.4. The maximum atomic E-state index is 10.9. The quantitative estimate of drug-likeness (QED) is 0.385. The highest BCUT2D eigenvalue weighted by molar-refractivity contribution is 5.56. The van der Waals surface area contributed by atoms with E-state index in [1.165, 1.54) is 6.20 Å². The van der Waals surface area contributed by atoms with Crippen LogP contribution in [-0.4, -0.2) is 41.2 Å². The summed E-state index contributed by atoms with van der Waals surface area (Å²) < 4.78 is 5.38. The van der Waals surface area contributed by atoms with Crippen molar-refractivity contribution in [2.45, 2.75) is 26.7 Å². The summed E-state index contributed by atoms with van der Waals surface area (Å²) in [5, 5.41) is 16.7. The van der Waals surface area contributed by atoms with Crippen molar-refractivity contribution in [1.29, 1.82) is 0 Å². The number of hydrogen-bond donors (Lipinski definition) is 2. The van der Waals surface area contributed by atoms with E-state index in [1.54, 1.807) is 0 Å². The molecular weight excluding hydrogens is 262 g/mol. The molecule has 0 aliphatic heterocycles. The van der Waals surface area contributed by atoms with E-state index in [9.17, 15) is 10.1 Å². The Morgan fingerprint density at radius 3 is 2.80 bits per heavy atom. The van der Waals surface area contributed by atoms with E-state index in [0.717, 1.165) is 12.8 Å². The Morgan fingerprint density at radius 1 is 1.35 bits per heavy atom. The van der Waals surface area contributed by atoms with Gasteiger partial charge in [-0.1, -0.05) is 13.3 Å². The molecule has 0 aliphatic rings. The summed E-state index contributed by atoms with van der Waals surface area (Å²) in [6.07, 6.45) is 3.29. The molecule has 2 N–H and O–H groups in total. The molecule has 8 nitrogen and oxygen atoms in total. The average Bonchev–Trinajstić information content (AvgIpc) is 2.43. The fraction of sp³-hybridized carbons (Fsp3) is 0.667. The Kier molecular flexibility index (Phi) is 7.26. The van der Waals surface area contributed by atoms with E-state index >= 15 is 0 Å². The Hall–Kier alpha value is -1.96. The predicted octanol–water partition coefficient (Wildman–Crippen LogP) is 2.05. The number of aromatic nitrogens is 2. The van der Waals surface area contributed by atoms with Crippen LogP contribution in [0.5, 0.6) is 0 Å². The molecule has 0 bridgehead atoms. The molecule has 112 valence electrons. The molecule has 1 heterocycles. The van der Waals surface area contributed by atoms with Gasteiger partial charge in [0.15, 0.2) is 0 Å². The highest BCUT2D eigenvalue weighted by Crippen LogP contribution is 2.21. The first-order valence-corrected chi connectivity index (χ1v) is 6.76. The van der Waals surface area contributed by atoms with Gasteiger partial charge in [0.05, 0.1) is 11.5 Å². The molecule has 0 aliphatic carbocycles. The van der Waals surface area contributed by atoms with Crippen molar-refractivity contribution in [3.8, 4) is 0 Å². The van der Waals surface area contributed by atoms with Crippen LogP contribution in [0.4, 0.5) is 17.5 Å². The van der Waals surface area contributed by atoms with Gasteiger partial charge in [-0.05, 0) is 13.3 Å². The number of unbranched alkanes of at least 4 members (excludes halogenated alkanes) is 1. The number of hydrogen-bond acceptors (Lipinski definition) is 7. The first-order valence-electron chi connectivity index (χ1n) is 6.76. The average molecular weight is 283 g/mol. The minimum Gasteiger partial charge on any atom is -0.380 e. The van der Waals surface area contributed by atoms with Crippen molar-refractivity contribution in [2.75, 3.05) is 36.9 Å². The minimum atomic E-state index is -0.504. The number of nitrogens with one attached hydrogen (secondary N) is 2. The van der Waals surface area contributed by atoms with Crippen LogP contribution in [0.1, 0.15) is 26.7 Å². The second-order valence-corrected chi connectivity index (χ2v) is 4.11. The molecule has 20 heavy (non-hydrogen) atoms. The van der Waals surface area contributed by atoms with Gasteiger partial charge >= 0.3 is 5.69 Å². The summed E-state index contributed by atoms with van der Waals surface area (Å²) in [7, 11) is 0. The van der Waals surface area contributed by atoms with Crippen LogP contribution in [0.25, 0.3) is 0 Å². The van der Waals surface area contributed by atoms with Crippen LogP contribution >= 0.6 is 0 Å². The van der Waals surface area contributed by atoms with Crippen LogP contribution in [0.15, 0.2) is 6.20 Å². The van der Waals surface area contributed by atoms with Crippen molar-refractivity contribution >= 4 is 17.5 Å². The molecular formula is C12H21N5O3. The Balaban J connectivity index is 2.56. The summed E-state index contributed by atoms with van der Waals surface area (Å²) in [6, 6.07) is 0. The number of ether oxygens (including phenoxy) is 1. The van der Waals surface area contributed by atoms with E-state index in [2.05, 4.69) is 27.5 Å². The fourth-order valence-electron chi connectivity index (χ4n) is 1.47. The molecule has 0 amide bonds.